The molecule has 2 fully saturated rings. The van der Waals surface area contributed by atoms with E-state index in [0.717, 1.165) is 29.6 Å². The molecule has 1 aliphatic heterocycles. The highest BCUT2D eigenvalue weighted by atomic mass is 15.2. The number of aromatic nitrogens is 1. The second-order valence-corrected chi connectivity index (χ2v) is 7.00. The average molecular weight is 293 g/mol. The zero-order valence-electron chi connectivity index (χ0n) is 13.2. The van der Waals surface area contributed by atoms with Crippen LogP contribution in [0.2, 0.25) is 0 Å². The summed E-state index contributed by atoms with van der Waals surface area (Å²) in [7, 11) is 0. The van der Waals surface area contributed by atoms with E-state index in [9.17, 15) is 5.26 Å². The van der Waals surface area contributed by atoms with Gasteiger partial charge in [-0.3, -0.25) is 4.90 Å². The SMILES string of the molecule is C[C@@H]1C[C@H]2CCCC[C@H]2N1Cc1cn2ccccc2c1C#N. The van der Waals surface area contributed by atoms with Crippen molar-refractivity contribution in [1.29, 1.82) is 5.26 Å². The minimum absolute atomic E-state index is 0.641. The van der Waals surface area contributed by atoms with E-state index in [1.165, 1.54) is 37.7 Å². The molecule has 114 valence electrons. The second kappa shape index (κ2) is 5.44. The summed E-state index contributed by atoms with van der Waals surface area (Å²) >= 11 is 0. The number of pyridine rings is 1. The van der Waals surface area contributed by atoms with Crippen LogP contribution in [-0.2, 0) is 6.54 Å². The Kier molecular flexibility index (Phi) is 3.43. The van der Waals surface area contributed by atoms with E-state index < -0.39 is 0 Å². The summed E-state index contributed by atoms with van der Waals surface area (Å²) in [5, 5.41) is 9.60. The molecule has 1 saturated heterocycles. The van der Waals surface area contributed by atoms with Gasteiger partial charge in [-0.15, -0.1) is 0 Å². The van der Waals surface area contributed by atoms with Gasteiger partial charge in [-0.25, -0.2) is 0 Å². The maximum Gasteiger partial charge on any atom is 0.102 e. The first-order valence-electron chi connectivity index (χ1n) is 8.52. The summed E-state index contributed by atoms with van der Waals surface area (Å²) in [5.74, 6) is 0.881. The quantitative estimate of drug-likeness (QED) is 0.839. The third-order valence-electron chi connectivity index (χ3n) is 5.73. The Labute approximate surface area is 132 Å². The Hall–Kier alpha value is -1.79. The van der Waals surface area contributed by atoms with Gasteiger partial charge in [0.05, 0.1) is 11.1 Å². The zero-order valence-corrected chi connectivity index (χ0v) is 13.2. The minimum Gasteiger partial charge on any atom is -0.322 e. The van der Waals surface area contributed by atoms with E-state index in [1.807, 2.05) is 24.4 Å². The fourth-order valence-electron chi connectivity index (χ4n) is 4.70. The summed E-state index contributed by atoms with van der Waals surface area (Å²) in [5.41, 5.74) is 3.07. The van der Waals surface area contributed by atoms with Gasteiger partial charge in [-0.05, 0) is 44.2 Å². The van der Waals surface area contributed by atoms with Gasteiger partial charge in [0.25, 0.3) is 0 Å². The fourth-order valence-corrected chi connectivity index (χ4v) is 4.70. The van der Waals surface area contributed by atoms with Crippen molar-refractivity contribution in [1.82, 2.24) is 9.30 Å². The Bertz CT molecular complexity index is 724. The molecule has 3 nitrogen and oxygen atoms in total. The summed E-state index contributed by atoms with van der Waals surface area (Å²) in [6, 6.07) is 9.88. The lowest BCUT2D eigenvalue weighted by atomic mass is 9.85. The predicted octanol–water partition coefficient (Wildman–Crippen LogP) is 3.96. The molecule has 22 heavy (non-hydrogen) atoms. The van der Waals surface area contributed by atoms with E-state index in [-0.39, 0.29) is 0 Å². The zero-order chi connectivity index (χ0) is 15.1. The van der Waals surface area contributed by atoms with E-state index in [4.69, 9.17) is 0 Å². The molecule has 2 aromatic rings. The Morgan fingerprint density at radius 2 is 2.14 bits per heavy atom. The lowest BCUT2D eigenvalue weighted by molar-refractivity contribution is 0.149. The lowest BCUT2D eigenvalue weighted by Crippen LogP contribution is -2.37. The Morgan fingerprint density at radius 3 is 3.00 bits per heavy atom. The number of hydrogen-bond donors (Lipinski definition) is 0. The van der Waals surface area contributed by atoms with E-state index in [2.05, 4.69) is 28.5 Å². The molecule has 0 unspecified atom stereocenters. The van der Waals surface area contributed by atoms with Crippen LogP contribution in [0.25, 0.3) is 5.52 Å². The highest BCUT2D eigenvalue weighted by molar-refractivity contribution is 5.65. The lowest BCUT2D eigenvalue weighted by Gasteiger charge is -2.33. The standard InChI is InChI=1S/C19H23N3/c1-14-10-15-6-2-3-7-18(15)22(14)13-16-12-21-9-5-4-8-19(21)17(16)11-20/h4-5,8-9,12,14-15,18H,2-3,6-7,10,13H2,1H3/t14-,15-,18-/m1/s1. The number of nitriles is 1. The molecule has 0 spiro atoms. The number of rotatable bonds is 2. The Morgan fingerprint density at radius 1 is 1.27 bits per heavy atom. The van der Waals surface area contributed by atoms with Crippen LogP contribution in [0.1, 0.15) is 50.2 Å². The molecule has 0 bridgehead atoms. The molecule has 2 aromatic heterocycles. The summed E-state index contributed by atoms with van der Waals surface area (Å²) < 4.78 is 2.09. The number of nitrogens with zero attached hydrogens (tertiary/aromatic N) is 3. The third kappa shape index (κ3) is 2.14. The van der Waals surface area contributed by atoms with Crippen molar-refractivity contribution in [3.63, 3.8) is 0 Å². The molecule has 0 radical (unpaired) electrons. The number of fused-ring (bicyclic) bond motifs is 2. The van der Waals surface area contributed by atoms with Gasteiger partial charge in [-0.1, -0.05) is 18.9 Å². The van der Waals surface area contributed by atoms with Crippen LogP contribution in [0.3, 0.4) is 0 Å². The van der Waals surface area contributed by atoms with Crippen LogP contribution in [0.4, 0.5) is 0 Å². The van der Waals surface area contributed by atoms with Crippen molar-refractivity contribution in [2.75, 3.05) is 0 Å². The summed E-state index contributed by atoms with van der Waals surface area (Å²) in [4.78, 5) is 2.67. The molecule has 3 atom stereocenters. The van der Waals surface area contributed by atoms with Crippen molar-refractivity contribution in [2.45, 2.75) is 57.7 Å². The molecule has 1 saturated carbocycles. The van der Waals surface area contributed by atoms with Crippen molar-refractivity contribution >= 4 is 5.52 Å². The molecule has 3 heterocycles. The molecule has 2 aliphatic rings. The van der Waals surface area contributed by atoms with E-state index in [0.29, 0.717) is 6.04 Å². The minimum atomic E-state index is 0.641. The molecular formula is C19H23N3. The molecule has 0 N–H and O–H groups in total. The Balaban J connectivity index is 1.67. The number of hydrogen-bond acceptors (Lipinski definition) is 2. The van der Waals surface area contributed by atoms with Crippen LogP contribution in [-0.4, -0.2) is 21.4 Å². The maximum atomic E-state index is 9.60. The second-order valence-electron chi connectivity index (χ2n) is 7.00. The highest BCUT2D eigenvalue weighted by Gasteiger charge is 2.40. The van der Waals surface area contributed by atoms with Crippen molar-refractivity contribution in [2.24, 2.45) is 5.92 Å². The first-order chi connectivity index (χ1) is 10.8. The molecular weight excluding hydrogens is 270 g/mol. The fraction of sp³-hybridized carbons (Fsp3) is 0.526. The molecule has 3 heteroatoms. The third-order valence-corrected chi connectivity index (χ3v) is 5.73. The van der Waals surface area contributed by atoms with Gasteiger partial charge < -0.3 is 4.40 Å². The first-order valence-corrected chi connectivity index (χ1v) is 8.52. The molecule has 0 aromatic carbocycles. The number of likely N-dealkylation sites (tertiary alicyclic amines) is 1. The average Bonchev–Trinajstić information content (AvgIpc) is 3.05. The summed E-state index contributed by atoms with van der Waals surface area (Å²) in [6.45, 7) is 3.28. The summed E-state index contributed by atoms with van der Waals surface area (Å²) in [6.07, 6.45) is 11.0. The normalized spacial score (nSPS) is 28.6. The van der Waals surface area contributed by atoms with Crippen molar-refractivity contribution in [3.8, 4) is 6.07 Å². The van der Waals surface area contributed by atoms with Crippen molar-refractivity contribution < 1.29 is 0 Å². The van der Waals surface area contributed by atoms with Crippen molar-refractivity contribution in [3.05, 3.63) is 41.7 Å². The largest absolute Gasteiger partial charge is 0.322 e. The van der Waals surface area contributed by atoms with Crippen LogP contribution in [0.15, 0.2) is 30.6 Å². The smallest absolute Gasteiger partial charge is 0.102 e. The van der Waals surface area contributed by atoms with Crippen LogP contribution in [0, 0.1) is 17.2 Å². The predicted molar refractivity (Wildman–Crippen MR) is 87.5 cm³/mol. The van der Waals surface area contributed by atoms with Gasteiger partial charge in [-0.2, -0.15) is 5.26 Å². The van der Waals surface area contributed by atoms with Gasteiger partial charge in [0.1, 0.15) is 6.07 Å². The van der Waals surface area contributed by atoms with E-state index in [1.54, 1.807) is 0 Å². The topological polar surface area (TPSA) is 31.4 Å². The van der Waals surface area contributed by atoms with Gasteiger partial charge >= 0.3 is 0 Å². The van der Waals surface area contributed by atoms with E-state index >= 15 is 0 Å². The monoisotopic (exact) mass is 293 g/mol. The molecule has 0 amide bonds. The van der Waals surface area contributed by atoms with Gasteiger partial charge in [0, 0.05) is 36.6 Å². The highest BCUT2D eigenvalue weighted by Crippen LogP contribution is 2.40. The first kappa shape index (κ1) is 13.8. The molecule has 1 aliphatic carbocycles. The van der Waals surface area contributed by atoms with Crippen LogP contribution in [0.5, 0.6) is 0 Å². The van der Waals surface area contributed by atoms with Crippen LogP contribution < -0.4 is 0 Å². The molecule has 4 rings (SSSR count). The van der Waals surface area contributed by atoms with Gasteiger partial charge in [0.2, 0.25) is 0 Å². The van der Waals surface area contributed by atoms with Crippen LogP contribution >= 0.6 is 0 Å². The van der Waals surface area contributed by atoms with Gasteiger partial charge in [0.15, 0.2) is 0 Å². The maximum absolute atomic E-state index is 9.60.